The van der Waals surface area contributed by atoms with Crippen LogP contribution in [-0.4, -0.2) is 42.6 Å². The molecule has 1 aliphatic heterocycles. The molecule has 112 valence electrons. The second kappa shape index (κ2) is 7.42. The molecule has 1 heterocycles. The molecule has 2 rings (SSSR count). The summed E-state index contributed by atoms with van der Waals surface area (Å²) in [5.41, 5.74) is 0.976. The van der Waals surface area contributed by atoms with Crippen LogP contribution in [0.2, 0.25) is 0 Å². The number of nitrogens with zero attached hydrogens (tertiary/aromatic N) is 2. The minimum Gasteiger partial charge on any atom is -0.496 e. The summed E-state index contributed by atoms with van der Waals surface area (Å²) in [7, 11) is 1.59. The van der Waals surface area contributed by atoms with Crippen molar-refractivity contribution < 1.29 is 9.66 Å². The third-order valence-electron chi connectivity index (χ3n) is 3.49. The molecular formula is C13H20ClN3O3. The van der Waals surface area contributed by atoms with Crippen molar-refractivity contribution in [3.8, 4) is 5.75 Å². The Balaban J connectivity index is 0.00000200. The molecule has 1 N–H and O–H groups in total. The lowest BCUT2D eigenvalue weighted by atomic mass is 10.1. The number of piperazine rings is 1. The fourth-order valence-electron chi connectivity index (χ4n) is 2.34. The standard InChI is InChI=1S/C13H19N3O3.ClH/c1-10-8-14-5-6-15(10)9-11-7-12(16(17)18)3-4-13(11)19-2;/h3-4,7,10,14H,5-6,8-9H2,1-2H3;1H/t10-;/m1./s1. The molecule has 1 aromatic carbocycles. The predicted octanol–water partition coefficient (Wildman–Crippen LogP) is 1.82. The summed E-state index contributed by atoms with van der Waals surface area (Å²) in [5, 5.41) is 14.2. The number of nitro benzene ring substituents is 1. The van der Waals surface area contributed by atoms with Crippen LogP contribution in [0.25, 0.3) is 0 Å². The van der Waals surface area contributed by atoms with Crippen molar-refractivity contribution >= 4 is 18.1 Å². The van der Waals surface area contributed by atoms with E-state index in [0.29, 0.717) is 18.3 Å². The Hall–Kier alpha value is -1.37. The van der Waals surface area contributed by atoms with Gasteiger partial charge in [0.2, 0.25) is 0 Å². The largest absolute Gasteiger partial charge is 0.496 e. The number of methoxy groups -OCH3 is 1. The first-order chi connectivity index (χ1) is 9.11. The number of non-ortho nitro benzene ring substituents is 1. The van der Waals surface area contributed by atoms with E-state index in [0.717, 1.165) is 25.2 Å². The zero-order valence-corrected chi connectivity index (χ0v) is 12.5. The summed E-state index contributed by atoms with van der Waals surface area (Å²) in [4.78, 5) is 12.8. The fraction of sp³-hybridized carbons (Fsp3) is 0.538. The van der Waals surface area contributed by atoms with Crippen molar-refractivity contribution in [2.75, 3.05) is 26.7 Å². The smallest absolute Gasteiger partial charge is 0.270 e. The van der Waals surface area contributed by atoms with Gasteiger partial charge in [0.15, 0.2) is 0 Å². The molecule has 0 radical (unpaired) electrons. The van der Waals surface area contributed by atoms with Crippen LogP contribution in [0.4, 0.5) is 5.69 Å². The Morgan fingerprint density at radius 1 is 1.55 bits per heavy atom. The Morgan fingerprint density at radius 3 is 2.90 bits per heavy atom. The second-order valence-electron chi connectivity index (χ2n) is 4.78. The van der Waals surface area contributed by atoms with Crippen molar-refractivity contribution in [1.82, 2.24) is 10.2 Å². The van der Waals surface area contributed by atoms with Crippen LogP contribution < -0.4 is 10.1 Å². The number of nitrogens with one attached hydrogen (secondary N) is 1. The number of benzene rings is 1. The Morgan fingerprint density at radius 2 is 2.30 bits per heavy atom. The van der Waals surface area contributed by atoms with Gasteiger partial charge >= 0.3 is 0 Å². The van der Waals surface area contributed by atoms with Gasteiger partial charge in [0.25, 0.3) is 5.69 Å². The quantitative estimate of drug-likeness (QED) is 0.679. The third kappa shape index (κ3) is 3.82. The highest BCUT2D eigenvalue weighted by atomic mass is 35.5. The zero-order valence-electron chi connectivity index (χ0n) is 11.7. The van der Waals surface area contributed by atoms with Crippen molar-refractivity contribution in [1.29, 1.82) is 0 Å². The summed E-state index contributed by atoms with van der Waals surface area (Å²) >= 11 is 0. The lowest BCUT2D eigenvalue weighted by Gasteiger charge is -2.34. The average molecular weight is 302 g/mol. The molecule has 1 aliphatic rings. The molecule has 0 bridgehead atoms. The van der Waals surface area contributed by atoms with Crippen molar-refractivity contribution in [2.24, 2.45) is 0 Å². The number of rotatable bonds is 4. The first-order valence-corrected chi connectivity index (χ1v) is 6.38. The molecule has 0 unspecified atom stereocenters. The first-order valence-electron chi connectivity index (χ1n) is 6.38. The first kappa shape index (κ1) is 16.7. The summed E-state index contributed by atoms with van der Waals surface area (Å²) in [6.45, 7) is 5.65. The molecule has 0 spiro atoms. The third-order valence-corrected chi connectivity index (χ3v) is 3.49. The minimum absolute atomic E-state index is 0. The van der Waals surface area contributed by atoms with Gasteiger partial charge in [0, 0.05) is 49.9 Å². The Kier molecular flexibility index (Phi) is 6.19. The number of hydrogen-bond acceptors (Lipinski definition) is 5. The van der Waals surface area contributed by atoms with Gasteiger partial charge in [-0.2, -0.15) is 0 Å². The van der Waals surface area contributed by atoms with E-state index in [1.807, 2.05) is 0 Å². The molecule has 1 aromatic rings. The second-order valence-corrected chi connectivity index (χ2v) is 4.78. The van der Waals surface area contributed by atoms with Crippen LogP contribution in [0.1, 0.15) is 12.5 Å². The minimum atomic E-state index is -0.371. The van der Waals surface area contributed by atoms with Crippen LogP contribution in [0.5, 0.6) is 5.75 Å². The van der Waals surface area contributed by atoms with Gasteiger partial charge in [-0.15, -0.1) is 12.4 Å². The molecule has 1 atom stereocenters. The molecule has 20 heavy (non-hydrogen) atoms. The van der Waals surface area contributed by atoms with Crippen molar-refractivity contribution in [3.05, 3.63) is 33.9 Å². The molecule has 7 heteroatoms. The van der Waals surface area contributed by atoms with Gasteiger partial charge < -0.3 is 10.1 Å². The van der Waals surface area contributed by atoms with Crippen LogP contribution in [0.15, 0.2) is 18.2 Å². The van der Waals surface area contributed by atoms with E-state index in [4.69, 9.17) is 4.74 Å². The van der Waals surface area contributed by atoms with E-state index in [1.54, 1.807) is 19.2 Å². The maximum absolute atomic E-state index is 10.9. The maximum Gasteiger partial charge on any atom is 0.270 e. The van der Waals surface area contributed by atoms with Gasteiger partial charge in [0.05, 0.1) is 12.0 Å². The molecular weight excluding hydrogens is 282 g/mol. The molecule has 6 nitrogen and oxygen atoms in total. The summed E-state index contributed by atoms with van der Waals surface area (Å²) < 4.78 is 5.29. The number of halogens is 1. The topological polar surface area (TPSA) is 67.6 Å². The SMILES string of the molecule is COc1ccc([N+](=O)[O-])cc1CN1CCNC[C@H]1C.Cl. The van der Waals surface area contributed by atoms with Gasteiger partial charge in [-0.1, -0.05) is 0 Å². The van der Waals surface area contributed by atoms with E-state index >= 15 is 0 Å². The van der Waals surface area contributed by atoms with Crippen molar-refractivity contribution in [2.45, 2.75) is 19.5 Å². The van der Waals surface area contributed by atoms with E-state index in [1.165, 1.54) is 6.07 Å². The summed E-state index contributed by atoms with van der Waals surface area (Å²) in [6, 6.07) is 5.16. The Bertz CT molecular complexity index is 470. The highest BCUT2D eigenvalue weighted by Gasteiger charge is 2.20. The number of ether oxygens (including phenoxy) is 1. The molecule has 0 aliphatic carbocycles. The van der Waals surface area contributed by atoms with Gasteiger partial charge in [-0.05, 0) is 13.0 Å². The highest BCUT2D eigenvalue weighted by molar-refractivity contribution is 5.85. The van der Waals surface area contributed by atoms with Gasteiger partial charge in [-0.3, -0.25) is 15.0 Å². The average Bonchev–Trinajstić information content (AvgIpc) is 2.41. The predicted molar refractivity (Wildman–Crippen MR) is 79.6 cm³/mol. The van der Waals surface area contributed by atoms with Gasteiger partial charge in [0.1, 0.15) is 5.75 Å². The lowest BCUT2D eigenvalue weighted by molar-refractivity contribution is -0.385. The lowest BCUT2D eigenvalue weighted by Crippen LogP contribution is -2.49. The molecule has 0 saturated carbocycles. The van der Waals surface area contributed by atoms with Crippen LogP contribution in [0.3, 0.4) is 0 Å². The number of hydrogen-bond donors (Lipinski definition) is 1. The normalized spacial score (nSPS) is 19.2. The van der Waals surface area contributed by atoms with Gasteiger partial charge in [-0.25, -0.2) is 0 Å². The van der Waals surface area contributed by atoms with Crippen molar-refractivity contribution in [3.63, 3.8) is 0 Å². The van der Waals surface area contributed by atoms with Crippen LogP contribution in [0, 0.1) is 10.1 Å². The van der Waals surface area contributed by atoms with E-state index in [2.05, 4.69) is 17.1 Å². The summed E-state index contributed by atoms with van der Waals surface area (Å²) in [6.07, 6.45) is 0. The summed E-state index contributed by atoms with van der Waals surface area (Å²) in [5.74, 6) is 0.705. The van der Waals surface area contributed by atoms with E-state index in [9.17, 15) is 10.1 Å². The zero-order chi connectivity index (χ0) is 13.8. The fourth-order valence-corrected chi connectivity index (χ4v) is 2.34. The Labute approximate surface area is 124 Å². The van der Waals surface area contributed by atoms with Crippen LogP contribution in [-0.2, 0) is 6.54 Å². The van der Waals surface area contributed by atoms with E-state index < -0.39 is 0 Å². The molecule has 0 aromatic heterocycles. The maximum atomic E-state index is 10.9. The molecule has 1 saturated heterocycles. The van der Waals surface area contributed by atoms with Crippen LogP contribution >= 0.6 is 12.4 Å². The molecule has 0 amide bonds. The monoisotopic (exact) mass is 301 g/mol. The molecule has 1 fully saturated rings. The highest BCUT2D eigenvalue weighted by Crippen LogP contribution is 2.26. The van der Waals surface area contributed by atoms with E-state index in [-0.39, 0.29) is 23.0 Å². The number of nitro groups is 1.